The monoisotopic (exact) mass is 386 g/mol. The predicted molar refractivity (Wildman–Crippen MR) is 96.7 cm³/mol. The molecule has 1 heterocycles. The number of nitrogens with one attached hydrogen (secondary N) is 4. The molecule has 0 spiro atoms. The van der Waals surface area contributed by atoms with Gasteiger partial charge in [0.25, 0.3) is 0 Å². The van der Waals surface area contributed by atoms with Gasteiger partial charge in [0.15, 0.2) is 6.04 Å². The molecule has 0 aromatic carbocycles. The zero-order valence-electron chi connectivity index (χ0n) is 15.9. The van der Waals surface area contributed by atoms with Crippen LogP contribution in [-0.4, -0.2) is 71.2 Å². The number of carbonyl (C=O) groups excluding carboxylic acids is 3. The Morgan fingerprint density at radius 1 is 1.15 bits per heavy atom. The molecule has 0 bridgehead atoms. The topological polar surface area (TPSA) is 157 Å². The van der Waals surface area contributed by atoms with Gasteiger partial charge in [0, 0.05) is 0 Å². The number of aliphatic hydroxyl groups excluding tert-OH is 1. The molecule has 10 heteroatoms. The van der Waals surface area contributed by atoms with Crippen molar-refractivity contribution in [2.45, 2.75) is 64.3 Å². The smallest absolute Gasteiger partial charge is 0.328 e. The summed E-state index contributed by atoms with van der Waals surface area (Å²) in [6, 6.07) is -2.58. The fourth-order valence-electron chi connectivity index (χ4n) is 2.79. The number of aliphatic carboxylic acids is 1. The van der Waals surface area contributed by atoms with E-state index in [0.29, 0.717) is 12.8 Å². The van der Waals surface area contributed by atoms with Crippen molar-refractivity contribution in [2.24, 2.45) is 5.92 Å². The Morgan fingerprint density at radius 3 is 2.30 bits per heavy atom. The summed E-state index contributed by atoms with van der Waals surface area (Å²) in [6.07, 6.45) is 0.722. The van der Waals surface area contributed by atoms with E-state index in [9.17, 15) is 24.3 Å². The normalized spacial score (nSPS) is 19.8. The Labute approximate surface area is 158 Å². The van der Waals surface area contributed by atoms with Crippen molar-refractivity contribution in [1.82, 2.24) is 21.3 Å². The standard InChI is InChI=1S/C17H30N4O6/c1-9(2)7-12(20-16(25)11-5-4-6-18-11)15(24)19-8-13(23)21-14(10(3)22)17(26)27/h9-12,14,18,22H,4-8H2,1-3H3,(H,19,24)(H,20,25)(H,21,23)(H,26,27). The summed E-state index contributed by atoms with van der Waals surface area (Å²) < 4.78 is 0. The van der Waals surface area contributed by atoms with E-state index < -0.39 is 42.5 Å². The lowest BCUT2D eigenvalue weighted by Gasteiger charge is -2.22. The number of rotatable bonds is 10. The van der Waals surface area contributed by atoms with Crippen molar-refractivity contribution in [3.05, 3.63) is 0 Å². The van der Waals surface area contributed by atoms with E-state index in [0.717, 1.165) is 13.0 Å². The molecular weight excluding hydrogens is 356 g/mol. The summed E-state index contributed by atoms with van der Waals surface area (Å²) in [7, 11) is 0. The molecule has 0 aromatic heterocycles. The number of aliphatic hydroxyl groups is 1. The Morgan fingerprint density at radius 2 is 1.81 bits per heavy atom. The van der Waals surface area contributed by atoms with Gasteiger partial charge in [-0.1, -0.05) is 13.8 Å². The number of carbonyl (C=O) groups is 4. The Hall–Kier alpha value is -2.20. The first-order valence-corrected chi connectivity index (χ1v) is 9.13. The minimum Gasteiger partial charge on any atom is -0.480 e. The van der Waals surface area contributed by atoms with Crippen LogP contribution >= 0.6 is 0 Å². The van der Waals surface area contributed by atoms with Crippen molar-refractivity contribution in [1.29, 1.82) is 0 Å². The Kier molecular flexibility index (Phi) is 9.16. The summed E-state index contributed by atoms with van der Waals surface area (Å²) in [4.78, 5) is 47.5. The molecule has 1 saturated heterocycles. The van der Waals surface area contributed by atoms with Crippen LogP contribution in [0.4, 0.5) is 0 Å². The van der Waals surface area contributed by atoms with E-state index in [1.165, 1.54) is 6.92 Å². The van der Waals surface area contributed by atoms with Crippen molar-refractivity contribution in [2.75, 3.05) is 13.1 Å². The first-order valence-electron chi connectivity index (χ1n) is 9.13. The molecule has 154 valence electrons. The second-order valence-electron chi connectivity index (χ2n) is 7.18. The second-order valence-corrected chi connectivity index (χ2v) is 7.18. The quantitative estimate of drug-likeness (QED) is 0.262. The summed E-state index contributed by atoms with van der Waals surface area (Å²) in [5, 5.41) is 28.6. The van der Waals surface area contributed by atoms with Crippen LogP contribution in [-0.2, 0) is 19.2 Å². The number of hydrogen-bond donors (Lipinski definition) is 6. The molecule has 27 heavy (non-hydrogen) atoms. The maximum atomic E-state index is 12.4. The molecule has 0 saturated carbocycles. The lowest BCUT2D eigenvalue weighted by molar-refractivity contribution is -0.144. The molecule has 1 aliphatic heterocycles. The van der Waals surface area contributed by atoms with Crippen LogP contribution in [0.1, 0.15) is 40.0 Å². The molecule has 10 nitrogen and oxygen atoms in total. The number of hydrogen-bond acceptors (Lipinski definition) is 6. The molecule has 1 rings (SSSR count). The first kappa shape index (κ1) is 22.8. The highest BCUT2D eigenvalue weighted by Gasteiger charge is 2.29. The van der Waals surface area contributed by atoms with E-state index in [1.807, 2.05) is 13.8 Å². The van der Waals surface area contributed by atoms with Crippen LogP contribution in [0, 0.1) is 5.92 Å². The Balaban J connectivity index is 2.58. The van der Waals surface area contributed by atoms with Gasteiger partial charge in [0.05, 0.1) is 18.7 Å². The van der Waals surface area contributed by atoms with Gasteiger partial charge in [-0.15, -0.1) is 0 Å². The van der Waals surface area contributed by atoms with Crippen molar-refractivity contribution >= 4 is 23.7 Å². The van der Waals surface area contributed by atoms with E-state index in [-0.39, 0.29) is 17.9 Å². The lowest BCUT2D eigenvalue weighted by Crippen LogP contribution is -2.54. The molecule has 3 amide bonds. The third-order valence-electron chi connectivity index (χ3n) is 4.21. The highest BCUT2D eigenvalue weighted by molar-refractivity contribution is 5.92. The van der Waals surface area contributed by atoms with Crippen LogP contribution in [0.3, 0.4) is 0 Å². The van der Waals surface area contributed by atoms with Gasteiger partial charge in [-0.2, -0.15) is 0 Å². The molecule has 4 unspecified atom stereocenters. The average Bonchev–Trinajstić information content (AvgIpc) is 3.10. The van der Waals surface area contributed by atoms with Gasteiger partial charge in [0.2, 0.25) is 17.7 Å². The second kappa shape index (κ2) is 10.8. The van der Waals surface area contributed by atoms with Gasteiger partial charge in [-0.05, 0) is 38.6 Å². The zero-order chi connectivity index (χ0) is 20.6. The fraction of sp³-hybridized carbons (Fsp3) is 0.765. The molecule has 6 N–H and O–H groups in total. The molecule has 4 atom stereocenters. The molecule has 0 aliphatic carbocycles. The van der Waals surface area contributed by atoms with Crippen LogP contribution in [0.5, 0.6) is 0 Å². The summed E-state index contributed by atoms with van der Waals surface area (Å²) in [6.45, 7) is 5.36. The van der Waals surface area contributed by atoms with Crippen LogP contribution in [0.2, 0.25) is 0 Å². The van der Waals surface area contributed by atoms with Crippen molar-refractivity contribution in [3.8, 4) is 0 Å². The fourth-order valence-corrected chi connectivity index (χ4v) is 2.79. The third kappa shape index (κ3) is 7.92. The maximum absolute atomic E-state index is 12.4. The van der Waals surface area contributed by atoms with Gasteiger partial charge in [-0.3, -0.25) is 14.4 Å². The largest absolute Gasteiger partial charge is 0.480 e. The predicted octanol–water partition coefficient (Wildman–Crippen LogP) is -1.66. The summed E-state index contributed by atoms with van der Waals surface area (Å²) >= 11 is 0. The minimum atomic E-state index is -1.46. The van der Waals surface area contributed by atoms with Crippen molar-refractivity contribution < 1.29 is 29.4 Å². The van der Waals surface area contributed by atoms with Gasteiger partial charge in [-0.25, -0.2) is 4.79 Å². The maximum Gasteiger partial charge on any atom is 0.328 e. The van der Waals surface area contributed by atoms with Crippen LogP contribution < -0.4 is 21.3 Å². The van der Waals surface area contributed by atoms with Gasteiger partial charge >= 0.3 is 5.97 Å². The number of carboxylic acids is 1. The summed E-state index contributed by atoms with van der Waals surface area (Å²) in [5.74, 6) is -2.76. The minimum absolute atomic E-state index is 0.137. The van der Waals surface area contributed by atoms with E-state index >= 15 is 0 Å². The molecule has 1 aliphatic rings. The van der Waals surface area contributed by atoms with Crippen LogP contribution in [0.15, 0.2) is 0 Å². The Bertz CT molecular complexity index is 546. The molecule has 0 radical (unpaired) electrons. The highest BCUT2D eigenvalue weighted by atomic mass is 16.4. The number of amides is 3. The van der Waals surface area contributed by atoms with Gasteiger partial charge in [0.1, 0.15) is 6.04 Å². The average molecular weight is 386 g/mol. The van der Waals surface area contributed by atoms with Crippen molar-refractivity contribution in [3.63, 3.8) is 0 Å². The van der Waals surface area contributed by atoms with E-state index in [1.54, 1.807) is 0 Å². The molecule has 1 fully saturated rings. The molecular formula is C17H30N4O6. The lowest BCUT2D eigenvalue weighted by atomic mass is 10.0. The van der Waals surface area contributed by atoms with E-state index in [2.05, 4.69) is 21.3 Å². The number of carboxylic acid groups (broad SMARTS) is 1. The third-order valence-corrected chi connectivity index (χ3v) is 4.21. The van der Waals surface area contributed by atoms with E-state index in [4.69, 9.17) is 5.11 Å². The summed E-state index contributed by atoms with van der Waals surface area (Å²) in [5.41, 5.74) is 0. The zero-order valence-corrected chi connectivity index (χ0v) is 15.9. The first-order chi connectivity index (χ1) is 12.6. The van der Waals surface area contributed by atoms with Crippen LogP contribution in [0.25, 0.3) is 0 Å². The SMILES string of the molecule is CC(C)CC(NC(=O)C1CCCN1)C(=O)NCC(=O)NC(C(=O)O)C(C)O. The highest BCUT2D eigenvalue weighted by Crippen LogP contribution is 2.08. The molecule has 0 aromatic rings. The van der Waals surface area contributed by atoms with Gasteiger partial charge < -0.3 is 31.5 Å².